The second-order valence-corrected chi connectivity index (χ2v) is 9.22. The fourth-order valence-electron chi connectivity index (χ4n) is 3.35. The summed E-state index contributed by atoms with van der Waals surface area (Å²) in [7, 11) is -1.23. The first-order valence-corrected chi connectivity index (χ1v) is 8.59. The van der Waals surface area contributed by atoms with Crippen LogP contribution in [-0.2, 0) is 11.0 Å². The molecule has 122 valence electrons. The van der Waals surface area contributed by atoms with Gasteiger partial charge in [-0.05, 0) is 51.9 Å². The van der Waals surface area contributed by atoms with E-state index in [2.05, 4.69) is 4.72 Å². The Morgan fingerprint density at radius 1 is 1.38 bits per heavy atom. The molecule has 5 nitrogen and oxygen atoms in total. The van der Waals surface area contributed by atoms with Crippen LogP contribution in [-0.4, -0.2) is 50.4 Å². The van der Waals surface area contributed by atoms with Crippen LogP contribution in [0, 0.1) is 5.41 Å². The van der Waals surface area contributed by atoms with Crippen LogP contribution in [0.4, 0.5) is 9.18 Å². The minimum atomic E-state index is -1.23. The number of nitrogens with one attached hydrogen (secondary N) is 1. The Kier molecular flexibility index (Phi) is 4.63. The van der Waals surface area contributed by atoms with Crippen LogP contribution in [0.15, 0.2) is 0 Å². The number of rotatable bonds is 2. The van der Waals surface area contributed by atoms with Gasteiger partial charge >= 0.3 is 6.09 Å². The quantitative estimate of drug-likeness (QED) is 0.820. The first-order chi connectivity index (χ1) is 9.64. The highest BCUT2D eigenvalue weighted by Crippen LogP contribution is 2.47. The highest BCUT2D eigenvalue weighted by atomic mass is 32.2. The second-order valence-electron chi connectivity index (χ2n) is 7.22. The van der Waals surface area contributed by atoms with Crippen molar-refractivity contribution < 1.29 is 18.5 Å². The van der Waals surface area contributed by atoms with Crippen LogP contribution in [0.5, 0.6) is 0 Å². The largest absolute Gasteiger partial charge is 0.465 e. The minimum absolute atomic E-state index is 0.136. The Morgan fingerprint density at radius 3 is 2.43 bits per heavy atom. The van der Waals surface area contributed by atoms with E-state index >= 15 is 0 Å². The molecule has 0 aromatic carbocycles. The monoisotopic (exact) mass is 320 g/mol. The van der Waals surface area contributed by atoms with Gasteiger partial charge < -0.3 is 10.0 Å². The van der Waals surface area contributed by atoms with Crippen LogP contribution in [0.1, 0.15) is 46.5 Å². The van der Waals surface area contributed by atoms with E-state index < -0.39 is 28.0 Å². The Hall–Kier alpha value is -0.690. The summed E-state index contributed by atoms with van der Waals surface area (Å²) in [6, 6.07) is -0.136. The summed E-state index contributed by atoms with van der Waals surface area (Å²) >= 11 is 0. The molecule has 1 amide bonds. The summed E-state index contributed by atoms with van der Waals surface area (Å²) in [6.45, 7) is 6.53. The summed E-state index contributed by atoms with van der Waals surface area (Å²) in [5.41, 5.74) is -0.258. The molecule has 2 fully saturated rings. The number of piperidine rings is 1. The number of hydrogen-bond acceptors (Lipinski definition) is 2. The molecule has 7 heteroatoms. The number of nitrogens with zero attached hydrogens (tertiary/aromatic N) is 1. The summed E-state index contributed by atoms with van der Waals surface area (Å²) in [5.74, 6) is 0. The van der Waals surface area contributed by atoms with Crippen molar-refractivity contribution in [1.82, 2.24) is 9.62 Å². The average molecular weight is 320 g/mol. The first kappa shape index (κ1) is 16.7. The molecule has 3 atom stereocenters. The van der Waals surface area contributed by atoms with Crippen molar-refractivity contribution in [3.8, 4) is 0 Å². The molecule has 1 aliphatic carbocycles. The number of likely N-dealkylation sites (tertiary alicyclic amines) is 1. The van der Waals surface area contributed by atoms with Crippen molar-refractivity contribution >= 4 is 17.1 Å². The maximum Gasteiger partial charge on any atom is 0.407 e. The van der Waals surface area contributed by atoms with Gasteiger partial charge in [0.2, 0.25) is 0 Å². The molecular weight excluding hydrogens is 295 g/mol. The molecule has 1 spiro atoms. The third-order valence-corrected chi connectivity index (χ3v) is 6.30. The molecule has 0 aromatic rings. The smallest absolute Gasteiger partial charge is 0.407 e. The minimum Gasteiger partial charge on any atom is -0.465 e. The lowest BCUT2D eigenvalue weighted by atomic mass is 9.74. The molecule has 2 aliphatic rings. The zero-order valence-corrected chi connectivity index (χ0v) is 13.7. The zero-order chi connectivity index (χ0) is 15.8. The third kappa shape index (κ3) is 3.56. The van der Waals surface area contributed by atoms with Gasteiger partial charge in [0.15, 0.2) is 0 Å². The highest BCUT2D eigenvalue weighted by Gasteiger charge is 2.50. The fourth-order valence-corrected chi connectivity index (χ4v) is 4.31. The van der Waals surface area contributed by atoms with Crippen molar-refractivity contribution in [3.05, 3.63) is 0 Å². The first-order valence-electron chi connectivity index (χ1n) is 7.44. The van der Waals surface area contributed by atoms with E-state index in [4.69, 9.17) is 5.11 Å². The summed E-state index contributed by atoms with van der Waals surface area (Å²) in [5, 5.41) is 9.03. The van der Waals surface area contributed by atoms with Crippen molar-refractivity contribution in [1.29, 1.82) is 0 Å². The predicted octanol–water partition coefficient (Wildman–Crippen LogP) is 2.30. The van der Waals surface area contributed by atoms with Crippen molar-refractivity contribution in [2.75, 3.05) is 13.1 Å². The maximum absolute atomic E-state index is 13.9. The van der Waals surface area contributed by atoms with Gasteiger partial charge in [-0.3, -0.25) is 0 Å². The predicted molar refractivity (Wildman–Crippen MR) is 80.2 cm³/mol. The van der Waals surface area contributed by atoms with Gasteiger partial charge in [-0.1, -0.05) is 0 Å². The van der Waals surface area contributed by atoms with Crippen LogP contribution < -0.4 is 4.72 Å². The van der Waals surface area contributed by atoms with E-state index in [0.29, 0.717) is 38.8 Å². The van der Waals surface area contributed by atoms with Crippen molar-refractivity contribution in [3.63, 3.8) is 0 Å². The molecule has 0 radical (unpaired) electrons. The van der Waals surface area contributed by atoms with Crippen molar-refractivity contribution in [2.24, 2.45) is 5.41 Å². The Morgan fingerprint density at radius 2 is 1.95 bits per heavy atom. The van der Waals surface area contributed by atoms with Crippen LogP contribution >= 0.6 is 0 Å². The second kappa shape index (κ2) is 5.83. The van der Waals surface area contributed by atoms with E-state index in [-0.39, 0.29) is 11.5 Å². The van der Waals surface area contributed by atoms with Crippen LogP contribution in [0.3, 0.4) is 0 Å². The molecule has 1 aliphatic heterocycles. The Bertz CT molecular complexity index is 430. The maximum atomic E-state index is 13.9. The fraction of sp³-hybridized carbons (Fsp3) is 0.929. The molecule has 1 saturated carbocycles. The molecule has 0 aromatic heterocycles. The molecule has 1 saturated heterocycles. The van der Waals surface area contributed by atoms with E-state index in [1.807, 2.05) is 20.8 Å². The number of hydrogen-bond donors (Lipinski definition) is 2. The van der Waals surface area contributed by atoms with E-state index in [1.165, 1.54) is 4.90 Å². The van der Waals surface area contributed by atoms with E-state index in [1.54, 1.807) is 0 Å². The SMILES string of the molecule is CC(C)(C)[S@@](=O)NC1CC(F)CC12CCN(C(=O)O)CC2. The summed E-state index contributed by atoms with van der Waals surface area (Å²) < 4.78 is 29.0. The van der Waals surface area contributed by atoms with Gasteiger partial charge in [0.1, 0.15) is 6.17 Å². The average Bonchev–Trinajstić information content (AvgIpc) is 2.64. The topological polar surface area (TPSA) is 69.6 Å². The van der Waals surface area contributed by atoms with Gasteiger partial charge in [0.05, 0.1) is 15.7 Å². The van der Waals surface area contributed by atoms with E-state index in [0.717, 1.165) is 0 Å². The lowest BCUT2D eigenvalue weighted by Crippen LogP contribution is -2.51. The molecule has 2 unspecified atom stereocenters. The van der Waals surface area contributed by atoms with Crippen LogP contribution in [0.25, 0.3) is 0 Å². The number of amides is 1. The number of alkyl halides is 1. The third-order valence-electron chi connectivity index (χ3n) is 4.69. The van der Waals surface area contributed by atoms with Gasteiger partial charge in [-0.2, -0.15) is 0 Å². The lowest BCUT2D eigenvalue weighted by molar-refractivity contribution is 0.0780. The molecule has 1 heterocycles. The zero-order valence-electron chi connectivity index (χ0n) is 12.9. The van der Waals surface area contributed by atoms with Gasteiger partial charge in [-0.15, -0.1) is 0 Å². The Balaban J connectivity index is 2.07. The molecule has 2 N–H and O–H groups in total. The van der Waals surface area contributed by atoms with E-state index in [9.17, 15) is 13.4 Å². The highest BCUT2D eigenvalue weighted by molar-refractivity contribution is 7.84. The summed E-state index contributed by atoms with van der Waals surface area (Å²) in [6.07, 6.45) is 0.282. The molecule has 0 bridgehead atoms. The Labute approximate surface area is 127 Å². The van der Waals surface area contributed by atoms with Gasteiger partial charge in [0.25, 0.3) is 0 Å². The summed E-state index contributed by atoms with van der Waals surface area (Å²) in [4.78, 5) is 12.4. The number of carboxylic acid groups (broad SMARTS) is 1. The molecular formula is C14H25FN2O3S. The van der Waals surface area contributed by atoms with Gasteiger partial charge in [0, 0.05) is 19.1 Å². The normalized spacial score (nSPS) is 30.6. The van der Waals surface area contributed by atoms with Crippen molar-refractivity contribution in [2.45, 2.75) is 63.4 Å². The lowest BCUT2D eigenvalue weighted by Gasteiger charge is -2.42. The number of carbonyl (C=O) groups is 1. The standard InChI is InChI=1S/C14H25FN2O3S/c1-13(2,3)21(20)16-11-8-10(15)9-14(11)4-6-17(7-5-14)12(18)19/h10-11,16H,4-9H2,1-3H3,(H,18,19)/t10?,11?,21-/m1/s1. The molecule has 2 rings (SSSR count). The molecule has 21 heavy (non-hydrogen) atoms. The number of halogens is 1. The van der Waals surface area contributed by atoms with Gasteiger partial charge in [-0.25, -0.2) is 18.1 Å². The van der Waals surface area contributed by atoms with Crippen LogP contribution in [0.2, 0.25) is 0 Å².